The quantitative estimate of drug-likeness (QED) is 0.460. The summed E-state index contributed by atoms with van der Waals surface area (Å²) in [7, 11) is 0. The lowest BCUT2D eigenvalue weighted by Crippen LogP contribution is -2.23. The molecule has 0 rings (SSSR count). The highest BCUT2D eigenvalue weighted by atomic mass is 16.1. The molecule has 0 saturated heterocycles. The van der Waals surface area contributed by atoms with E-state index in [1.54, 1.807) is 6.08 Å². The molecule has 64 valence electrons. The molecule has 0 aliphatic carbocycles. The summed E-state index contributed by atoms with van der Waals surface area (Å²) in [5.74, 6) is 0.0797. The number of hydrogen-bond acceptors (Lipinski definition) is 1. The zero-order valence-corrected chi connectivity index (χ0v) is 7.23. The van der Waals surface area contributed by atoms with Gasteiger partial charge in [-0.3, -0.25) is 4.79 Å². The maximum atomic E-state index is 10.8. The molecule has 0 aromatic rings. The van der Waals surface area contributed by atoms with Gasteiger partial charge in [-0.05, 0) is 6.42 Å². The molecule has 1 amide bonds. The largest absolute Gasteiger partial charge is 0.356 e. The number of hydrogen-bond donors (Lipinski definition) is 1. The molecule has 11 heavy (non-hydrogen) atoms. The summed E-state index contributed by atoms with van der Waals surface area (Å²) >= 11 is 0. The normalized spacial score (nSPS) is 9.18. The zero-order chi connectivity index (χ0) is 8.53. The lowest BCUT2D eigenvalue weighted by molar-refractivity contribution is -0.120. The predicted octanol–water partition coefficient (Wildman–Crippen LogP) is 1.87. The minimum absolute atomic E-state index is 0.0797. The minimum atomic E-state index is 0.0797. The van der Waals surface area contributed by atoms with Crippen molar-refractivity contribution in [2.24, 2.45) is 0 Å². The summed E-state index contributed by atoms with van der Waals surface area (Å²) in [4.78, 5) is 10.8. The summed E-state index contributed by atoms with van der Waals surface area (Å²) < 4.78 is 0. The third kappa shape index (κ3) is 7.10. The summed E-state index contributed by atoms with van der Waals surface area (Å²) in [6.45, 7) is 6.43. The second-order valence-corrected chi connectivity index (χ2v) is 2.55. The summed E-state index contributed by atoms with van der Waals surface area (Å²) in [6, 6.07) is 0. The van der Waals surface area contributed by atoms with Gasteiger partial charge in [-0.15, -0.1) is 6.58 Å². The lowest BCUT2D eigenvalue weighted by atomic mass is 10.2. The first-order chi connectivity index (χ1) is 5.31. The summed E-state index contributed by atoms with van der Waals surface area (Å²) in [6.07, 6.45) is 5.52. The van der Waals surface area contributed by atoms with Crippen LogP contribution in [0.1, 0.15) is 32.6 Å². The Bertz CT molecular complexity index is 121. The Morgan fingerprint density at radius 2 is 2.27 bits per heavy atom. The Kier molecular flexibility index (Phi) is 6.79. The lowest BCUT2D eigenvalue weighted by Gasteiger charge is -2.01. The number of carbonyl (C=O) groups excluding carboxylic acids is 1. The third-order valence-corrected chi connectivity index (χ3v) is 1.43. The van der Waals surface area contributed by atoms with Crippen LogP contribution in [0.2, 0.25) is 0 Å². The van der Waals surface area contributed by atoms with E-state index in [1.165, 1.54) is 12.8 Å². The summed E-state index contributed by atoms with van der Waals surface area (Å²) in [5.41, 5.74) is 0. The van der Waals surface area contributed by atoms with Crippen LogP contribution in [0.3, 0.4) is 0 Å². The zero-order valence-electron chi connectivity index (χ0n) is 7.23. The van der Waals surface area contributed by atoms with Crippen LogP contribution in [0.25, 0.3) is 0 Å². The number of unbranched alkanes of at least 4 members (excludes halogenated alkanes) is 2. The molecule has 0 unspecified atom stereocenters. The van der Waals surface area contributed by atoms with E-state index in [0.29, 0.717) is 6.42 Å². The van der Waals surface area contributed by atoms with Crippen LogP contribution in [-0.4, -0.2) is 12.5 Å². The number of nitrogens with one attached hydrogen (secondary N) is 1. The third-order valence-electron chi connectivity index (χ3n) is 1.43. The molecule has 0 aliphatic rings. The van der Waals surface area contributed by atoms with Gasteiger partial charge in [-0.25, -0.2) is 0 Å². The Morgan fingerprint density at radius 1 is 1.55 bits per heavy atom. The standard InChI is InChI=1S/C9H17NO/c1-3-5-6-8-10-9(11)7-4-2/h4H,2-3,5-8H2,1H3,(H,10,11). The van der Waals surface area contributed by atoms with Crippen molar-refractivity contribution < 1.29 is 4.79 Å². The van der Waals surface area contributed by atoms with Crippen LogP contribution >= 0.6 is 0 Å². The first kappa shape index (κ1) is 10.2. The molecule has 0 aromatic carbocycles. The molecule has 0 bridgehead atoms. The molecule has 0 aromatic heterocycles. The van der Waals surface area contributed by atoms with E-state index in [4.69, 9.17) is 0 Å². The maximum absolute atomic E-state index is 10.8. The number of amides is 1. The van der Waals surface area contributed by atoms with Crippen molar-refractivity contribution in [2.45, 2.75) is 32.6 Å². The van der Waals surface area contributed by atoms with Crippen LogP contribution in [0.5, 0.6) is 0 Å². The Hall–Kier alpha value is -0.790. The highest BCUT2D eigenvalue weighted by Gasteiger charge is 1.94. The predicted molar refractivity (Wildman–Crippen MR) is 47.3 cm³/mol. The van der Waals surface area contributed by atoms with Gasteiger partial charge in [0.15, 0.2) is 0 Å². The fraction of sp³-hybridized carbons (Fsp3) is 0.667. The van der Waals surface area contributed by atoms with Gasteiger partial charge in [0.05, 0.1) is 0 Å². The summed E-state index contributed by atoms with van der Waals surface area (Å²) in [5, 5.41) is 2.81. The van der Waals surface area contributed by atoms with E-state index >= 15 is 0 Å². The molecule has 0 heterocycles. The smallest absolute Gasteiger partial charge is 0.223 e. The van der Waals surface area contributed by atoms with Crippen molar-refractivity contribution in [2.75, 3.05) is 6.54 Å². The average molecular weight is 155 g/mol. The van der Waals surface area contributed by atoms with Crippen molar-refractivity contribution in [1.82, 2.24) is 5.32 Å². The first-order valence-electron chi connectivity index (χ1n) is 4.18. The molecule has 0 radical (unpaired) electrons. The van der Waals surface area contributed by atoms with Gasteiger partial charge in [0.2, 0.25) is 5.91 Å². The van der Waals surface area contributed by atoms with Crippen LogP contribution in [0.4, 0.5) is 0 Å². The Morgan fingerprint density at radius 3 is 2.82 bits per heavy atom. The van der Waals surface area contributed by atoms with Crippen LogP contribution in [0.15, 0.2) is 12.7 Å². The molecule has 2 heteroatoms. The van der Waals surface area contributed by atoms with Crippen molar-refractivity contribution >= 4 is 5.91 Å². The van der Waals surface area contributed by atoms with E-state index in [0.717, 1.165) is 13.0 Å². The highest BCUT2D eigenvalue weighted by molar-refractivity contribution is 5.77. The molecular weight excluding hydrogens is 138 g/mol. The fourth-order valence-electron chi connectivity index (χ4n) is 0.806. The van der Waals surface area contributed by atoms with Gasteiger partial charge in [0.25, 0.3) is 0 Å². The fourth-order valence-corrected chi connectivity index (χ4v) is 0.806. The van der Waals surface area contributed by atoms with E-state index < -0.39 is 0 Å². The Labute approximate surface area is 68.7 Å². The molecule has 0 atom stereocenters. The van der Waals surface area contributed by atoms with Gasteiger partial charge in [-0.2, -0.15) is 0 Å². The van der Waals surface area contributed by atoms with Gasteiger partial charge in [0, 0.05) is 13.0 Å². The van der Waals surface area contributed by atoms with Gasteiger partial charge in [0.1, 0.15) is 0 Å². The molecule has 0 fully saturated rings. The topological polar surface area (TPSA) is 29.1 Å². The SMILES string of the molecule is C=CCC(=O)NCCCCC. The first-order valence-corrected chi connectivity index (χ1v) is 4.18. The average Bonchev–Trinajstić information content (AvgIpc) is 1.99. The Balaban J connectivity index is 3.10. The highest BCUT2D eigenvalue weighted by Crippen LogP contribution is 1.91. The van der Waals surface area contributed by atoms with Gasteiger partial charge in [-0.1, -0.05) is 25.8 Å². The van der Waals surface area contributed by atoms with E-state index in [9.17, 15) is 4.79 Å². The van der Waals surface area contributed by atoms with Crippen molar-refractivity contribution in [3.05, 3.63) is 12.7 Å². The van der Waals surface area contributed by atoms with Gasteiger partial charge < -0.3 is 5.32 Å². The van der Waals surface area contributed by atoms with Crippen molar-refractivity contribution in [3.63, 3.8) is 0 Å². The van der Waals surface area contributed by atoms with Crippen LogP contribution in [-0.2, 0) is 4.79 Å². The van der Waals surface area contributed by atoms with E-state index in [2.05, 4.69) is 18.8 Å². The van der Waals surface area contributed by atoms with Gasteiger partial charge >= 0.3 is 0 Å². The second kappa shape index (κ2) is 7.32. The molecule has 0 spiro atoms. The van der Waals surface area contributed by atoms with E-state index in [1.807, 2.05) is 0 Å². The van der Waals surface area contributed by atoms with Crippen molar-refractivity contribution in [1.29, 1.82) is 0 Å². The van der Waals surface area contributed by atoms with E-state index in [-0.39, 0.29) is 5.91 Å². The second-order valence-electron chi connectivity index (χ2n) is 2.55. The van der Waals surface area contributed by atoms with Crippen molar-refractivity contribution in [3.8, 4) is 0 Å². The molecule has 0 aliphatic heterocycles. The molecular formula is C9H17NO. The maximum Gasteiger partial charge on any atom is 0.223 e. The number of carbonyl (C=O) groups is 1. The number of rotatable bonds is 6. The van der Waals surface area contributed by atoms with Crippen LogP contribution < -0.4 is 5.32 Å². The molecule has 2 nitrogen and oxygen atoms in total. The van der Waals surface area contributed by atoms with Crippen LogP contribution in [0, 0.1) is 0 Å². The molecule has 0 saturated carbocycles. The molecule has 1 N–H and O–H groups in total. The monoisotopic (exact) mass is 155 g/mol. The minimum Gasteiger partial charge on any atom is -0.356 e.